The molecular formula is C16H20N2O5. The molecule has 124 valence electrons. The van der Waals surface area contributed by atoms with E-state index in [-0.39, 0.29) is 43.5 Å². The maximum atomic E-state index is 11.7. The first-order valence-corrected chi connectivity index (χ1v) is 7.47. The summed E-state index contributed by atoms with van der Waals surface area (Å²) in [5.41, 5.74) is 0. The van der Waals surface area contributed by atoms with Gasteiger partial charge in [0.2, 0.25) is 17.7 Å². The molecule has 1 fully saturated rings. The average molecular weight is 320 g/mol. The van der Waals surface area contributed by atoms with E-state index in [1.807, 2.05) is 0 Å². The molecule has 1 aliphatic rings. The summed E-state index contributed by atoms with van der Waals surface area (Å²) >= 11 is 0. The van der Waals surface area contributed by atoms with E-state index in [0.29, 0.717) is 18.9 Å². The lowest BCUT2D eigenvalue weighted by Crippen LogP contribution is -2.35. The molecule has 0 aliphatic carbocycles. The summed E-state index contributed by atoms with van der Waals surface area (Å²) in [6.07, 6.45) is 0.603. The number of carbonyl (C=O) groups excluding carboxylic acids is 3. The molecule has 1 saturated heterocycles. The fraction of sp³-hybridized carbons (Fsp3) is 0.438. The van der Waals surface area contributed by atoms with Crippen molar-refractivity contribution in [1.82, 2.24) is 10.2 Å². The van der Waals surface area contributed by atoms with Crippen molar-refractivity contribution in [2.45, 2.75) is 19.3 Å². The largest absolute Gasteiger partial charge is 0.497 e. The van der Waals surface area contributed by atoms with Crippen molar-refractivity contribution in [3.63, 3.8) is 0 Å². The monoisotopic (exact) mass is 320 g/mol. The van der Waals surface area contributed by atoms with E-state index in [1.165, 1.54) is 0 Å². The molecule has 1 N–H and O–H groups in total. The first-order valence-electron chi connectivity index (χ1n) is 7.47. The maximum Gasteiger partial charge on any atom is 0.229 e. The van der Waals surface area contributed by atoms with Crippen molar-refractivity contribution in [3.8, 4) is 11.5 Å². The zero-order chi connectivity index (χ0) is 16.7. The molecule has 1 aliphatic heterocycles. The minimum Gasteiger partial charge on any atom is -0.497 e. The molecule has 0 unspecified atom stereocenters. The van der Waals surface area contributed by atoms with Gasteiger partial charge in [-0.05, 0) is 24.3 Å². The fourth-order valence-corrected chi connectivity index (χ4v) is 2.21. The molecule has 1 heterocycles. The highest BCUT2D eigenvalue weighted by Gasteiger charge is 2.28. The second-order valence-electron chi connectivity index (χ2n) is 5.06. The van der Waals surface area contributed by atoms with Crippen LogP contribution in [-0.2, 0) is 14.4 Å². The quantitative estimate of drug-likeness (QED) is 0.564. The fourth-order valence-electron chi connectivity index (χ4n) is 2.21. The first kappa shape index (κ1) is 16.8. The Morgan fingerprint density at radius 2 is 1.74 bits per heavy atom. The third-order valence-corrected chi connectivity index (χ3v) is 3.47. The lowest BCUT2D eigenvalue weighted by atomic mass is 10.3. The Balaban J connectivity index is 1.61. The number of carbonyl (C=O) groups is 3. The highest BCUT2D eigenvalue weighted by atomic mass is 16.5. The van der Waals surface area contributed by atoms with Gasteiger partial charge < -0.3 is 14.8 Å². The van der Waals surface area contributed by atoms with Crippen molar-refractivity contribution >= 4 is 17.7 Å². The second-order valence-corrected chi connectivity index (χ2v) is 5.06. The van der Waals surface area contributed by atoms with Crippen LogP contribution in [0.1, 0.15) is 19.3 Å². The van der Waals surface area contributed by atoms with E-state index in [9.17, 15) is 14.4 Å². The van der Waals surface area contributed by atoms with Crippen molar-refractivity contribution in [3.05, 3.63) is 24.3 Å². The Kier molecular flexibility index (Phi) is 5.96. The molecule has 0 atom stereocenters. The van der Waals surface area contributed by atoms with Gasteiger partial charge in [0.1, 0.15) is 18.1 Å². The lowest BCUT2D eigenvalue weighted by molar-refractivity contribution is -0.138. The number of nitrogens with one attached hydrogen (secondary N) is 1. The first-order chi connectivity index (χ1) is 11.1. The average Bonchev–Trinajstić information content (AvgIpc) is 2.88. The van der Waals surface area contributed by atoms with E-state index < -0.39 is 0 Å². The van der Waals surface area contributed by atoms with Gasteiger partial charge in [-0.25, -0.2) is 0 Å². The van der Waals surface area contributed by atoms with Crippen LogP contribution in [0, 0.1) is 0 Å². The summed E-state index contributed by atoms with van der Waals surface area (Å²) < 4.78 is 10.5. The zero-order valence-electron chi connectivity index (χ0n) is 13.0. The van der Waals surface area contributed by atoms with E-state index >= 15 is 0 Å². The molecule has 0 saturated carbocycles. The smallest absolute Gasteiger partial charge is 0.229 e. The van der Waals surface area contributed by atoms with Crippen molar-refractivity contribution in [1.29, 1.82) is 0 Å². The number of methoxy groups -OCH3 is 1. The molecule has 0 aromatic heterocycles. The zero-order valence-corrected chi connectivity index (χ0v) is 13.0. The van der Waals surface area contributed by atoms with E-state index in [1.54, 1.807) is 31.4 Å². The van der Waals surface area contributed by atoms with Crippen LogP contribution in [0.25, 0.3) is 0 Å². The lowest BCUT2D eigenvalue weighted by Gasteiger charge is -2.13. The molecule has 2 rings (SSSR count). The molecule has 7 nitrogen and oxygen atoms in total. The van der Waals surface area contributed by atoms with Crippen LogP contribution in [0.3, 0.4) is 0 Å². The molecular weight excluding hydrogens is 300 g/mol. The van der Waals surface area contributed by atoms with Gasteiger partial charge >= 0.3 is 0 Å². The number of ether oxygens (including phenoxy) is 2. The van der Waals surface area contributed by atoms with Crippen LogP contribution < -0.4 is 14.8 Å². The maximum absolute atomic E-state index is 11.7. The van der Waals surface area contributed by atoms with Gasteiger partial charge in [0.05, 0.1) is 13.7 Å². The number of imide groups is 1. The van der Waals surface area contributed by atoms with Crippen LogP contribution in [0.2, 0.25) is 0 Å². The van der Waals surface area contributed by atoms with E-state index in [0.717, 1.165) is 10.6 Å². The molecule has 23 heavy (non-hydrogen) atoms. The third kappa shape index (κ3) is 4.98. The summed E-state index contributed by atoms with van der Waals surface area (Å²) in [4.78, 5) is 35.6. The van der Waals surface area contributed by atoms with Gasteiger partial charge in [-0.2, -0.15) is 0 Å². The second kappa shape index (κ2) is 8.17. The van der Waals surface area contributed by atoms with E-state index in [4.69, 9.17) is 9.47 Å². The number of nitrogens with zero attached hydrogens (tertiary/aromatic N) is 1. The molecule has 0 radical (unpaired) electrons. The summed E-state index contributed by atoms with van der Waals surface area (Å²) in [5.74, 6) is 0.817. The van der Waals surface area contributed by atoms with Gasteiger partial charge in [0.25, 0.3) is 0 Å². The number of amides is 3. The summed E-state index contributed by atoms with van der Waals surface area (Å²) in [6.45, 7) is 0.829. The van der Waals surface area contributed by atoms with Crippen molar-refractivity contribution in [2.75, 3.05) is 26.8 Å². The van der Waals surface area contributed by atoms with Crippen LogP contribution in [-0.4, -0.2) is 49.4 Å². The number of benzene rings is 1. The Hall–Kier alpha value is -2.57. The molecule has 1 aromatic rings. The SMILES string of the molecule is COc1ccc(OCCNC(=O)CCN2C(=O)CCC2=O)cc1. The number of hydrogen-bond donors (Lipinski definition) is 1. The van der Waals surface area contributed by atoms with Crippen molar-refractivity contribution in [2.24, 2.45) is 0 Å². The van der Waals surface area contributed by atoms with E-state index in [2.05, 4.69) is 5.32 Å². The predicted molar refractivity (Wildman–Crippen MR) is 82.1 cm³/mol. The minimum absolute atomic E-state index is 0.111. The van der Waals surface area contributed by atoms with Gasteiger partial charge in [0.15, 0.2) is 0 Å². The molecule has 3 amide bonds. The van der Waals surface area contributed by atoms with Gasteiger partial charge in [0, 0.05) is 25.8 Å². The Morgan fingerprint density at radius 1 is 1.13 bits per heavy atom. The predicted octanol–water partition coefficient (Wildman–Crippen LogP) is 0.729. The summed E-state index contributed by atoms with van der Waals surface area (Å²) in [5, 5.41) is 2.69. The van der Waals surface area contributed by atoms with Crippen LogP contribution >= 0.6 is 0 Å². The van der Waals surface area contributed by atoms with Gasteiger partial charge in [-0.3, -0.25) is 19.3 Å². The topological polar surface area (TPSA) is 84.9 Å². The van der Waals surface area contributed by atoms with Crippen molar-refractivity contribution < 1.29 is 23.9 Å². The van der Waals surface area contributed by atoms with Crippen LogP contribution in [0.4, 0.5) is 0 Å². The third-order valence-electron chi connectivity index (χ3n) is 3.47. The number of rotatable bonds is 8. The highest BCUT2D eigenvalue weighted by Crippen LogP contribution is 2.16. The number of likely N-dealkylation sites (tertiary alicyclic amines) is 1. The summed E-state index contributed by atoms with van der Waals surface area (Å²) in [6, 6.07) is 7.15. The normalized spacial score (nSPS) is 14.0. The van der Waals surface area contributed by atoms with Gasteiger partial charge in [-0.1, -0.05) is 0 Å². The Bertz CT molecular complexity index is 554. The summed E-state index contributed by atoms with van der Waals surface area (Å²) in [7, 11) is 1.59. The standard InChI is InChI=1S/C16H20N2O5/c1-22-12-2-4-13(5-3-12)23-11-9-17-14(19)8-10-18-15(20)6-7-16(18)21/h2-5H,6-11H2,1H3,(H,17,19). The highest BCUT2D eigenvalue weighted by molar-refractivity contribution is 6.02. The van der Waals surface area contributed by atoms with Crippen LogP contribution in [0.15, 0.2) is 24.3 Å². The van der Waals surface area contributed by atoms with Gasteiger partial charge in [-0.15, -0.1) is 0 Å². The Morgan fingerprint density at radius 3 is 2.35 bits per heavy atom. The molecule has 7 heteroatoms. The molecule has 0 bridgehead atoms. The Labute approximate surface area is 134 Å². The minimum atomic E-state index is -0.212. The van der Waals surface area contributed by atoms with Crippen LogP contribution in [0.5, 0.6) is 11.5 Å². The number of hydrogen-bond acceptors (Lipinski definition) is 5. The molecule has 1 aromatic carbocycles. The molecule has 0 spiro atoms.